The van der Waals surface area contributed by atoms with Gasteiger partial charge >= 0.3 is 0 Å². The fourth-order valence-corrected chi connectivity index (χ4v) is 3.18. The minimum atomic E-state index is -0.0809. The van der Waals surface area contributed by atoms with Crippen LogP contribution in [0.25, 0.3) is 11.4 Å². The molecule has 0 bridgehead atoms. The van der Waals surface area contributed by atoms with Gasteiger partial charge in [0.25, 0.3) is 0 Å². The molecular weight excluding hydrogens is 406 g/mol. The Hall–Kier alpha value is -3.06. The summed E-state index contributed by atoms with van der Waals surface area (Å²) in [6, 6.07) is 12.8. The van der Waals surface area contributed by atoms with Crippen molar-refractivity contribution in [3.8, 4) is 22.9 Å². The van der Waals surface area contributed by atoms with E-state index in [2.05, 4.69) is 15.5 Å². The molecule has 7 nitrogen and oxygen atoms in total. The molecule has 3 rings (SSSR count). The molecule has 0 saturated heterocycles. The summed E-state index contributed by atoms with van der Waals surface area (Å²) in [6.07, 6.45) is 1.37. The summed E-state index contributed by atoms with van der Waals surface area (Å²) < 4.78 is 15.8. The molecule has 158 valence electrons. The highest BCUT2D eigenvalue weighted by Gasteiger charge is 2.16. The number of carbonyl (C=O) groups excluding carboxylic acids is 1. The van der Waals surface area contributed by atoms with Crippen molar-refractivity contribution in [2.24, 2.45) is 0 Å². The second kappa shape index (κ2) is 10.1. The number of hydrogen-bond donors (Lipinski definition) is 1. The van der Waals surface area contributed by atoms with Crippen molar-refractivity contribution in [2.75, 3.05) is 14.2 Å². The van der Waals surface area contributed by atoms with Gasteiger partial charge in [-0.3, -0.25) is 4.79 Å². The topological polar surface area (TPSA) is 86.5 Å². The fraction of sp³-hybridized carbons (Fsp3) is 0.318. The molecule has 1 atom stereocenters. The normalized spacial score (nSPS) is 11.7. The molecule has 0 spiro atoms. The number of nitrogens with one attached hydrogen (secondary N) is 1. The quantitative estimate of drug-likeness (QED) is 0.534. The number of amides is 1. The smallest absolute Gasteiger partial charge is 0.227 e. The molecule has 0 aliphatic heterocycles. The second-order valence-corrected chi connectivity index (χ2v) is 7.10. The van der Waals surface area contributed by atoms with E-state index in [0.29, 0.717) is 34.7 Å². The Morgan fingerprint density at radius 3 is 2.53 bits per heavy atom. The Kier molecular flexibility index (Phi) is 7.30. The number of rotatable bonds is 9. The van der Waals surface area contributed by atoms with Gasteiger partial charge in [-0.15, -0.1) is 0 Å². The standard InChI is InChI=1S/C22H24ClN3O4/c1-4-17(14-5-8-16(23)9-6-14)24-20(27)11-12-21-25-22(26-30-21)15-7-10-18(28-2)19(13-15)29-3/h5-10,13,17H,4,11-12H2,1-3H3,(H,24,27). The zero-order chi connectivity index (χ0) is 21.5. The van der Waals surface area contributed by atoms with Crippen molar-refractivity contribution in [3.63, 3.8) is 0 Å². The van der Waals surface area contributed by atoms with Gasteiger partial charge in [-0.2, -0.15) is 4.98 Å². The van der Waals surface area contributed by atoms with Gasteiger partial charge in [0, 0.05) is 23.4 Å². The van der Waals surface area contributed by atoms with Gasteiger partial charge in [0.1, 0.15) is 0 Å². The lowest BCUT2D eigenvalue weighted by Crippen LogP contribution is -2.28. The van der Waals surface area contributed by atoms with Crippen LogP contribution in [0, 0.1) is 0 Å². The highest BCUT2D eigenvalue weighted by atomic mass is 35.5. The molecule has 30 heavy (non-hydrogen) atoms. The van der Waals surface area contributed by atoms with Crippen LogP contribution in [0.1, 0.15) is 37.3 Å². The Balaban J connectivity index is 1.59. The molecule has 0 saturated carbocycles. The number of hydrogen-bond acceptors (Lipinski definition) is 6. The minimum Gasteiger partial charge on any atom is -0.493 e. The van der Waals surface area contributed by atoms with E-state index in [4.69, 9.17) is 25.6 Å². The number of aryl methyl sites for hydroxylation is 1. The van der Waals surface area contributed by atoms with Gasteiger partial charge in [0.2, 0.25) is 17.6 Å². The zero-order valence-corrected chi connectivity index (χ0v) is 17.9. The maximum atomic E-state index is 12.4. The average Bonchev–Trinajstić information content (AvgIpc) is 3.25. The van der Waals surface area contributed by atoms with Crippen LogP contribution in [-0.2, 0) is 11.2 Å². The summed E-state index contributed by atoms with van der Waals surface area (Å²) in [5.74, 6) is 1.94. The van der Waals surface area contributed by atoms with Crippen molar-refractivity contribution in [1.82, 2.24) is 15.5 Å². The van der Waals surface area contributed by atoms with Gasteiger partial charge in [-0.1, -0.05) is 35.8 Å². The SMILES string of the molecule is CCC(NC(=O)CCc1nc(-c2ccc(OC)c(OC)c2)no1)c1ccc(Cl)cc1. The highest BCUT2D eigenvalue weighted by Crippen LogP contribution is 2.31. The maximum Gasteiger partial charge on any atom is 0.227 e. The van der Waals surface area contributed by atoms with E-state index < -0.39 is 0 Å². The van der Waals surface area contributed by atoms with Crippen LogP contribution < -0.4 is 14.8 Å². The van der Waals surface area contributed by atoms with E-state index in [9.17, 15) is 4.79 Å². The molecule has 0 aliphatic carbocycles. The number of nitrogens with zero attached hydrogens (tertiary/aromatic N) is 2. The monoisotopic (exact) mass is 429 g/mol. The van der Waals surface area contributed by atoms with Crippen LogP contribution in [0.3, 0.4) is 0 Å². The van der Waals surface area contributed by atoms with E-state index in [1.165, 1.54) is 0 Å². The number of ether oxygens (including phenoxy) is 2. The summed E-state index contributed by atoms with van der Waals surface area (Å²) in [6.45, 7) is 2.02. The lowest BCUT2D eigenvalue weighted by atomic mass is 10.0. The molecule has 8 heteroatoms. The molecule has 1 unspecified atom stereocenters. The van der Waals surface area contributed by atoms with Crippen LogP contribution in [0.5, 0.6) is 11.5 Å². The number of carbonyl (C=O) groups is 1. The Morgan fingerprint density at radius 1 is 1.13 bits per heavy atom. The van der Waals surface area contributed by atoms with Crippen molar-refractivity contribution in [2.45, 2.75) is 32.2 Å². The fourth-order valence-electron chi connectivity index (χ4n) is 3.05. The number of aromatic nitrogens is 2. The van der Waals surface area contributed by atoms with Crippen molar-refractivity contribution in [1.29, 1.82) is 0 Å². The van der Waals surface area contributed by atoms with Crippen molar-refractivity contribution in [3.05, 3.63) is 58.9 Å². The molecule has 1 aromatic heterocycles. The lowest BCUT2D eigenvalue weighted by Gasteiger charge is -2.17. The predicted octanol–water partition coefficient (Wildman–Crippen LogP) is 4.61. The molecule has 3 aromatic rings. The Labute approximate surface area is 180 Å². The number of methoxy groups -OCH3 is 2. The van der Waals surface area contributed by atoms with Crippen LogP contribution in [0.4, 0.5) is 0 Å². The van der Waals surface area contributed by atoms with Crippen LogP contribution in [0.15, 0.2) is 47.0 Å². The van der Waals surface area contributed by atoms with Gasteiger partial charge in [-0.25, -0.2) is 0 Å². The van der Waals surface area contributed by atoms with E-state index in [-0.39, 0.29) is 18.4 Å². The first-order valence-corrected chi connectivity index (χ1v) is 10.0. The largest absolute Gasteiger partial charge is 0.493 e. The summed E-state index contributed by atoms with van der Waals surface area (Å²) >= 11 is 5.94. The van der Waals surface area contributed by atoms with Gasteiger partial charge in [0.05, 0.1) is 20.3 Å². The molecular formula is C22H24ClN3O4. The van der Waals surface area contributed by atoms with Crippen LogP contribution in [-0.4, -0.2) is 30.3 Å². The van der Waals surface area contributed by atoms with E-state index in [0.717, 1.165) is 17.5 Å². The summed E-state index contributed by atoms with van der Waals surface area (Å²) in [7, 11) is 3.14. The lowest BCUT2D eigenvalue weighted by molar-refractivity contribution is -0.121. The van der Waals surface area contributed by atoms with Gasteiger partial charge < -0.3 is 19.3 Å². The highest BCUT2D eigenvalue weighted by molar-refractivity contribution is 6.30. The third-order valence-electron chi connectivity index (χ3n) is 4.69. The van der Waals surface area contributed by atoms with Crippen molar-refractivity contribution < 1.29 is 18.8 Å². The predicted molar refractivity (Wildman–Crippen MR) is 114 cm³/mol. The summed E-state index contributed by atoms with van der Waals surface area (Å²) in [4.78, 5) is 16.8. The Morgan fingerprint density at radius 2 is 1.87 bits per heavy atom. The first kappa shape index (κ1) is 21.6. The summed E-state index contributed by atoms with van der Waals surface area (Å²) in [5.41, 5.74) is 1.75. The first-order valence-electron chi connectivity index (χ1n) is 9.63. The Bertz CT molecular complexity index is 988. The van der Waals surface area contributed by atoms with E-state index >= 15 is 0 Å². The number of benzene rings is 2. The van der Waals surface area contributed by atoms with Gasteiger partial charge in [-0.05, 0) is 42.3 Å². The molecule has 1 amide bonds. The van der Waals surface area contributed by atoms with Gasteiger partial charge in [0.15, 0.2) is 11.5 Å². The van der Waals surface area contributed by atoms with E-state index in [1.54, 1.807) is 26.4 Å². The third-order valence-corrected chi connectivity index (χ3v) is 4.94. The minimum absolute atomic E-state index is 0.0697. The van der Waals surface area contributed by atoms with Crippen molar-refractivity contribution >= 4 is 17.5 Å². The molecule has 0 fully saturated rings. The molecule has 1 heterocycles. The summed E-state index contributed by atoms with van der Waals surface area (Å²) in [5, 5.41) is 7.71. The van der Waals surface area contributed by atoms with Crippen LogP contribution >= 0.6 is 11.6 Å². The molecule has 1 N–H and O–H groups in total. The molecule has 0 radical (unpaired) electrons. The first-order chi connectivity index (χ1) is 14.5. The molecule has 0 aliphatic rings. The zero-order valence-electron chi connectivity index (χ0n) is 17.1. The third kappa shape index (κ3) is 5.30. The second-order valence-electron chi connectivity index (χ2n) is 6.66. The molecule has 2 aromatic carbocycles. The maximum absolute atomic E-state index is 12.4. The average molecular weight is 430 g/mol. The number of halogens is 1. The van der Waals surface area contributed by atoms with Crippen LogP contribution in [0.2, 0.25) is 5.02 Å². The van der Waals surface area contributed by atoms with E-state index in [1.807, 2.05) is 37.3 Å².